The average molecular weight is 432 g/mol. The first-order valence-corrected chi connectivity index (χ1v) is 11.2. The van der Waals surface area contributed by atoms with Crippen LogP contribution in [-0.2, 0) is 10.0 Å². The second-order valence-corrected chi connectivity index (χ2v) is 8.99. The quantitative estimate of drug-likeness (QED) is 0.780. The number of benzene rings is 2. The Kier molecular flexibility index (Phi) is 5.57. The van der Waals surface area contributed by atoms with Crippen molar-refractivity contribution in [3.63, 3.8) is 0 Å². The number of amides is 1. The molecule has 9 heteroatoms. The summed E-state index contributed by atoms with van der Waals surface area (Å²) in [5.74, 6) is 1.36. The summed E-state index contributed by atoms with van der Waals surface area (Å²) < 4.78 is 43.4. The van der Waals surface area contributed by atoms with Gasteiger partial charge in [-0.25, -0.2) is 13.1 Å². The molecule has 30 heavy (non-hydrogen) atoms. The summed E-state index contributed by atoms with van der Waals surface area (Å²) in [5, 5.41) is 0. The zero-order chi connectivity index (χ0) is 21.3. The lowest BCUT2D eigenvalue weighted by atomic mass is 10.0. The third-order valence-corrected chi connectivity index (χ3v) is 6.87. The van der Waals surface area contributed by atoms with E-state index in [0.29, 0.717) is 36.8 Å². The molecule has 8 nitrogen and oxygen atoms in total. The van der Waals surface area contributed by atoms with Crippen molar-refractivity contribution in [2.24, 2.45) is 0 Å². The Morgan fingerprint density at radius 2 is 1.90 bits per heavy atom. The van der Waals surface area contributed by atoms with E-state index in [4.69, 9.17) is 14.2 Å². The van der Waals surface area contributed by atoms with E-state index in [2.05, 4.69) is 4.72 Å². The SMILES string of the molecule is CNS(=O)(=O)c1cc(C(=O)N2CCCC2c2ccc3c(c2)OCCO3)ccc1OC. The number of nitrogens with zero attached hydrogens (tertiary/aromatic N) is 1. The second kappa shape index (κ2) is 8.16. The molecule has 0 saturated carbocycles. The molecule has 0 spiro atoms. The van der Waals surface area contributed by atoms with Crippen molar-refractivity contribution in [1.29, 1.82) is 0 Å². The monoisotopic (exact) mass is 432 g/mol. The standard InChI is InChI=1S/C21H24N2O6S/c1-22-30(25,26)20-13-15(6-8-18(20)27-2)21(24)23-9-3-4-16(23)14-5-7-17-19(12-14)29-11-10-28-17/h5-8,12-13,16,22H,3-4,9-11H2,1-2H3. The summed E-state index contributed by atoms with van der Waals surface area (Å²) >= 11 is 0. The first-order valence-electron chi connectivity index (χ1n) is 9.76. The van der Waals surface area contributed by atoms with Crippen LogP contribution in [-0.4, -0.2) is 53.1 Å². The van der Waals surface area contributed by atoms with Crippen LogP contribution in [0.2, 0.25) is 0 Å². The molecule has 1 unspecified atom stereocenters. The summed E-state index contributed by atoms with van der Waals surface area (Å²) in [4.78, 5) is 15.0. The largest absolute Gasteiger partial charge is 0.495 e. The van der Waals surface area contributed by atoms with Gasteiger partial charge in [0, 0.05) is 12.1 Å². The molecular formula is C21H24N2O6S. The molecule has 160 valence electrons. The third kappa shape index (κ3) is 3.70. The van der Waals surface area contributed by atoms with E-state index in [-0.39, 0.29) is 22.6 Å². The number of nitrogens with one attached hydrogen (secondary N) is 1. The van der Waals surface area contributed by atoms with Gasteiger partial charge < -0.3 is 19.1 Å². The molecule has 1 atom stereocenters. The van der Waals surface area contributed by atoms with Crippen molar-refractivity contribution in [2.45, 2.75) is 23.8 Å². The summed E-state index contributed by atoms with van der Waals surface area (Å²) in [6.45, 7) is 1.62. The zero-order valence-corrected chi connectivity index (χ0v) is 17.7. The van der Waals surface area contributed by atoms with E-state index in [9.17, 15) is 13.2 Å². The van der Waals surface area contributed by atoms with Crippen molar-refractivity contribution in [1.82, 2.24) is 9.62 Å². The van der Waals surface area contributed by atoms with E-state index in [0.717, 1.165) is 18.4 Å². The molecule has 2 heterocycles. The van der Waals surface area contributed by atoms with Crippen molar-refractivity contribution < 1.29 is 27.4 Å². The number of rotatable bonds is 5. The normalized spacial score (nSPS) is 18.3. The Morgan fingerprint density at radius 3 is 2.63 bits per heavy atom. The van der Waals surface area contributed by atoms with Crippen LogP contribution in [0, 0.1) is 0 Å². The summed E-state index contributed by atoms with van der Waals surface area (Å²) in [6, 6.07) is 10.1. The number of carbonyl (C=O) groups excluding carboxylic acids is 1. The highest BCUT2D eigenvalue weighted by Gasteiger charge is 2.32. The summed E-state index contributed by atoms with van der Waals surface area (Å²) in [6.07, 6.45) is 1.69. The summed E-state index contributed by atoms with van der Waals surface area (Å²) in [7, 11) is -1.06. The molecule has 0 aromatic heterocycles. The fourth-order valence-corrected chi connectivity index (χ4v) is 4.84. The van der Waals surface area contributed by atoms with Gasteiger partial charge >= 0.3 is 0 Å². The minimum absolute atomic E-state index is 0.0616. The van der Waals surface area contributed by atoms with E-state index in [1.165, 1.54) is 26.3 Å². The Bertz CT molecular complexity index is 1070. The molecule has 1 saturated heterocycles. The van der Waals surface area contributed by atoms with Crippen LogP contribution >= 0.6 is 0 Å². The lowest BCUT2D eigenvalue weighted by Gasteiger charge is -2.27. The zero-order valence-electron chi connectivity index (χ0n) is 16.9. The van der Waals surface area contributed by atoms with Crippen LogP contribution in [0.1, 0.15) is 34.8 Å². The fourth-order valence-electron chi connectivity index (χ4n) is 3.92. The second-order valence-electron chi connectivity index (χ2n) is 7.13. The van der Waals surface area contributed by atoms with Crippen molar-refractivity contribution >= 4 is 15.9 Å². The molecule has 2 aliphatic rings. The molecule has 1 N–H and O–H groups in total. The Hall–Kier alpha value is -2.78. The number of hydrogen-bond acceptors (Lipinski definition) is 6. The van der Waals surface area contributed by atoms with E-state index < -0.39 is 10.0 Å². The maximum absolute atomic E-state index is 13.3. The number of sulfonamides is 1. The van der Waals surface area contributed by atoms with Crippen LogP contribution in [0.3, 0.4) is 0 Å². The molecule has 1 amide bonds. The van der Waals surface area contributed by atoms with Gasteiger partial charge in [0.15, 0.2) is 11.5 Å². The minimum Gasteiger partial charge on any atom is -0.495 e. The van der Waals surface area contributed by atoms with Crippen LogP contribution in [0.5, 0.6) is 17.2 Å². The van der Waals surface area contributed by atoms with Crippen LogP contribution < -0.4 is 18.9 Å². The number of methoxy groups -OCH3 is 1. The van der Waals surface area contributed by atoms with Crippen LogP contribution in [0.25, 0.3) is 0 Å². The minimum atomic E-state index is -3.77. The highest BCUT2D eigenvalue weighted by Crippen LogP contribution is 2.39. The van der Waals surface area contributed by atoms with Gasteiger partial charge in [-0.15, -0.1) is 0 Å². The first-order chi connectivity index (χ1) is 14.4. The van der Waals surface area contributed by atoms with Gasteiger partial charge in [0.05, 0.1) is 13.2 Å². The Labute approximate surface area is 175 Å². The van der Waals surface area contributed by atoms with E-state index in [1.807, 2.05) is 18.2 Å². The van der Waals surface area contributed by atoms with Gasteiger partial charge in [-0.3, -0.25) is 4.79 Å². The van der Waals surface area contributed by atoms with Crippen molar-refractivity contribution in [3.05, 3.63) is 47.5 Å². The van der Waals surface area contributed by atoms with Crippen LogP contribution in [0.15, 0.2) is 41.3 Å². The number of carbonyl (C=O) groups is 1. The van der Waals surface area contributed by atoms with Gasteiger partial charge in [-0.05, 0) is 55.8 Å². The van der Waals surface area contributed by atoms with E-state index in [1.54, 1.807) is 11.0 Å². The van der Waals surface area contributed by atoms with Gasteiger partial charge in [0.1, 0.15) is 23.9 Å². The number of ether oxygens (including phenoxy) is 3. The third-order valence-electron chi connectivity index (χ3n) is 5.43. The lowest BCUT2D eigenvalue weighted by Crippen LogP contribution is -2.31. The first kappa shape index (κ1) is 20.5. The fraction of sp³-hybridized carbons (Fsp3) is 0.381. The molecule has 1 fully saturated rings. The molecule has 2 aromatic carbocycles. The molecule has 0 bridgehead atoms. The number of hydrogen-bond donors (Lipinski definition) is 1. The molecule has 4 rings (SSSR count). The van der Waals surface area contributed by atoms with Gasteiger partial charge in [0.25, 0.3) is 5.91 Å². The molecule has 2 aromatic rings. The highest BCUT2D eigenvalue weighted by atomic mass is 32.2. The van der Waals surface area contributed by atoms with Crippen molar-refractivity contribution in [3.8, 4) is 17.2 Å². The van der Waals surface area contributed by atoms with Crippen LogP contribution in [0.4, 0.5) is 0 Å². The van der Waals surface area contributed by atoms with E-state index >= 15 is 0 Å². The molecule has 0 radical (unpaired) electrons. The molecular weight excluding hydrogens is 408 g/mol. The van der Waals surface area contributed by atoms with Crippen molar-refractivity contribution in [2.75, 3.05) is 33.9 Å². The smallest absolute Gasteiger partial charge is 0.254 e. The van der Waals surface area contributed by atoms with Gasteiger partial charge in [-0.2, -0.15) is 0 Å². The van der Waals surface area contributed by atoms with Gasteiger partial charge in [-0.1, -0.05) is 6.07 Å². The highest BCUT2D eigenvalue weighted by molar-refractivity contribution is 7.89. The Morgan fingerprint density at radius 1 is 1.13 bits per heavy atom. The average Bonchev–Trinajstić information content (AvgIpc) is 3.27. The topological polar surface area (TPSA) is 94.2 Å². The Balaban J connectivity index is 1.65. The lowest BCUT2D eigenvalue weighted by molar-refractivity contribution is 0.0735. The molecule has 0 aliphatic carbocycles. The predicted molar refractivity (Wildman–Crippen MR) is 110 cm³/mol. The molecule has 2 aliphatic heterocycles. The maximum atomic E-state index is 13.3. The number of likely N-dealkylation sites (tertiary alicyclic amines) is 1. The van der Waals surface area contributed by atoms with Gasteiger partial charge in [0.2, 0.25) is 10.0 Å². The maximum Gasteiger partial charge on any atom is 0.254 e. The number of fused-ring (bicyclic) bond motifs is 1. The summed E-state index contributed by atoms with van der Waals surface area (Å²) in [5.41, 5.74) is 1.27. The predicted octanol–water partition coefficient (Wildman–Crippen LogP) is 2.35.